The Hall–Kier alpha value is -1.66. The number of thioether (sulfide) groups is 1. The molecule has 178 valence electrons. The van der Waals surface area contributed by atoms with Crippen molar-refractivity contribution >= 4 is 36.5 Å². The van der Waals surface area contributed by atoms with E-state index in [2.05, 4.69) is 5.32 Å². The number of halogens is 2. The predicted octanol–water partition coefficient (Wildman–Crippen LogP) is 4.00. The summed E-state index contributed by atoms with van der Waals surface area (Å²) in [5, 5.41) is 9.31. The SMILES string of the molecule is CC1(C)NCS(=O)(=O)SC1N1N=C(c2cc(F)ccc2F)SC1(CCCN)c1ccccc1. The van der Waals surface area contributed by atoms with Crippen molar-refractivity contribution in [2.75, 3.05) is 12.4 Å². The molecule has 2 aliphatic heterocycles. The largest absolute Gasteiger partial charge is 0.330 e. The van der Waals surface area contributed by atoms with Crippen LogP contribution in [0.4, 0.5) is 8.78 Å². The van der Waals surface area contributed by atoms with E-state index in [1.165, 1.54) is 11.8 Å². The van der Waals surface area contributed by atoms with Gasteiger partial charge in [0.2, 0.25) is 8.87 Å². The molecular weight excluding hydrogens is 486 g/mol. The Kier molecular flexibility index (Phi) is 6.81. The third kappa shape index (κ3) is 4.79. The van der Waals surface area contributed by atoms with Crippen LogP contribution >= 0.6 is 22.6 Å². The average Bonchev–Trinajstić information content (AvgIpc) is 3.17. The van der Waals surface area contributed by atoms with Crippen molar-refractivity contribution in [2.45, 2.75) is 42.5 Å². The van der Waals surface area contributed by atoms with Crippen molar-refractivity contribution in [3.63, 3.8) is 0 Å². The third-order valence-corrected chi connectivity index (χ3v) is 10.7. The highest BCUT2D eigenvalue weighted by Crippen LogP contribution is 2.54. The monoisotopic (exact) mass is 512 g/mol. The summed E-state index contributed by atoms with van der Waals surface area (Å²) in [6.07, 6.45) is 1.17. The molecular formula is C22H26F2N4O2S3. The molecule has 0 radical (unpaired) electrons. The van der Waals surface area contributed by atoms with E-state index in [4.69, 9.17) is 10.8 Å². The highest BCUT2D eigenvalue weighted by atomic mass is 33.1. The zero-order valence-electron chi connectivity index (χ0n) is 18.3. The fraction of sp³-hybridized carbons (Fsp3) is 0.409. The minimum atomic E-state index is -3.46. The number of hydrazone groups is 1. The van der Waals surface area contributed by atoms with Crippen LogP contribution in [-0.4, -0.2) is 41.8 Å². The topological polar surface area (TPSA) is 87.8 Å². The molecule has 0 spiro atoms. The van der Waals surface area contributed by atoms with Gasteiger partial charge in [0.25, 0.3) is 0 Å². The molecule has 0 saturated carbocycles. The Labute approximate surface area is 200 Å². The maximum Gasteiger partial charge on any atom is 0.216 e. The first-order valence-electron chi connectivity index (χ1n) is 10.5. The number of hydrogen-bond acceptors (Lipinski definition) is 8. The molecule has 2 aromatic carbocycles. The molecule has 0 aliphatic carbocycles. The van der Waals surface area contributed by atoms with Crippen LogP contribution in [0.3, 0.4) is 0 Å². The number of rotatable bonds is 6. The molecule has 2 unspecified atom stereocenters. The maximum atomic E-state index is 14.8. The van der Waals surface area contributed by atoms with Crippen LogP contribution in [0.2, 0.25) is 0 Å². The van der Waals surface area contributed by atoms with Crippen molar-refractivity contribution in [1.29, 1.82) is 0 Å². The quantitative estimate of drug-likeness (QED) is 0.566. The molecule has 2 aromatic rings. The molecule has 3 N–H and O–H groups in total. The Morgan fingerprint density at radius 1 is 1.21 bits per heavy atom. The molecule has 1 saturated heterocycles. The van der Waals surface area contributed by atoms with Crippen molar-refractivity contribution in [3.05, 3.63) is 71.3 Å². The van der Waals surface area contributed by atoms with Crippen molar-refractivity contribution in [1.82, 2.24) is 10.3 Å². The Bertz CT molecular complexity index is 1160. The lowest BCUT2D eigenvalue weighted by Gasteiger charge is -2.48. The highest BCUT2D eigenvalue weighted by molar-refractivity contribution is 8.72. The molecule has 1 fully saturated rings. The lowest BCUT2D eigenvalue weighted by atomic mass is 9.97. The lowest BCUT2D eigenvalue weighted by molar-refractivity contribution is 0.107. The summed E-state index contributed by atoms with van der Waals surface area (Å²) >= 11 is 1.31. The van der Waals surface area contributed by atoms with E-state index in [0.29, 0.717) is 24.4 Å². The molecule has 11 heteroatoms. The summed E-state index contributed by atoms with van der Waals surface area (Å²) in [5.41, 5.74) is 6.16. The van der Waals surface area contributed by atoms with Gasteiger partial charge in [0.05, 0.1) is 0 Å². The van der Waals surface area contributed by atoms with Gasteiger partial charge >= 0.3 is 0 Å². The lowest BCUT2D eigenvalue weighted by Crippen LogP contribution is -2.61. The molecule has 2 aliphatic rings. The highest BCUT2D eigenvalue weighted by Gasteiger charge is 2.54. The average molecular weight is 513 g/mol. The van der Waals surface area contributed by atoms with E-state index in [9.17, 15) is 17.2 Å². The van der Waals surface area contributed by atoms with Gasteiger partial charge in [0, 0.05) is 11.1 Å². The number of nitrogens with two attached hydrogens (primary N) is 1. The van der Waals surface area contributed by atoms with E-state index in [0.717, 1.165) is 34.6 Å². The first kappa shape index (κ1) is 24.5. The fourth-order valence-electron chi connectivity index (χ4n) is 3.96. The van der Waals surface area contributed by atoms with Gasteiger partial charge in [0.15, 0.2) is 0 Å². The maximum absolute atomic E-state index is 14.8. The van der Waals surface area contributed by atoms with Crippen LogP contribution in [-0.2, 0) is 13.7 Å². The van der Waals surface area contributed by atoms with Gasteiger partial charge in [0.1, 0.15) is 32.8 Å². The number of nitrogens with one attached hydrogen (secondary N) is 1. The number of nitrogens with zero attached hydrogens (tertiary/aromatic N) is 2. The Balaban J connectivity index is 1.91. The second-order valence-electron chi connectivity index (χ2n) is 8.57. The van der Waals surface area contributed by atoms with E-state index >= 15 is 0 Å². The Morgan fingerprint density at radius 2 is 1.94 bits per heavy atom. The zero-order chi connectivity index (χ0) is 23.9. The van der Waals surface area contributed by atoms with Crippen LogP contribution in [0.1, 0.15) is 37.8 Å². The molecule has 2 heterocycles. The van der Waals surface area contributed by atoms with Crippen LogP contribution in [0.25, 0.3) is 0 Å². The first-order valence-corrected chi connectivity index (χ1v) is 14.4. The van der Waals surface area contributed by atoms with Crippen LogP contribution in [0.15, 0.2) is 53.6 Å². The van der Waals surface area contributed by atoms with Gasteiger partial charge in [-0.15, -0.1) is 0 Å². The Morgan fingerprint density at radius 3 is 2.64 bits per heavy atom. The fourth-order valence-corrected chi connectivity index (χ4v) is 9.19. The minimum Gasteiger partial charge on any atom is -0.330 e. The second kappa shape index (κ2) is 9.18. The summed E-state index contributed by atoms with van der Waals surface area (Å²) in [6, 6.07) is 12.8. The van der Waals surface area contributed by atoms with Gasteiger partial charge in [-0.2, -0.15) is 5.10 Å². The van der Waals surface area contributed by atoms with Crippen molar-refractivity contribution < 1.29 is 17.2 Å². The number of hydrogen-bond donors (Lipinski definition) is 2. The standard InChI is InChI=1S/C22H26F2N4O2S3/c1-21(2)20(32-33(29,30)14-26-21)28-22(11-6-12-25,15-7-4-3-5-8-15)31-19(27-28)17-13-16(23)9-10-18(17)24/h3-5,7-10,13,20,26H,6,11-12,14,25H2,1-2H3. The summed E-state index contributed by atoms with van der Waals surface area (Å²) < 4.78 is 54.0. The van der Waals surface area contributed by atoms with Crippen LogP contribution in [0.5, 0.6) is 0 Å². The number of benzene rings is 2. The molecule has 33 heavy (non-hydrogen) atoms. The normalized spacial score (nSPS) is 26.3. The summed E-state index contributed by atoms with van der Waals surface area (Å²) in [6.45, 7) is 4.25. The second-order valence-corrected chi connectivity index (χ2v) is 14.0. The van der Waals surface area contributed by atoms with Crippen molar-refractivity contribution in [3.8, 4) is 0 Å². The minimum absolute atomic E-state index is 0.0463. The summed E-state index contributed by atoms with van der Waals surface area (Å²) in [7, 11) is -2.62. The van der Waals surface area contributed by atoms with Gasteiger partial charge in [-0.1, -0.05) is 42.1 Å². The van der Waals surface area contributed by atoms with Gasteiger partial charge in [-0.3, -0.25) is 10.3 Å². The molecule has 0 amide bonds. The smallest absolute Gasteiger partial charge is 0.216 e. The van der Waals surface area contributed by atoms with Gasteiger partial charge in [-0.25, -0.2) is 17.2 Å². The summed E-state index contributed by atoms with van der Waals surface area (Å²) in [4.78, 5) is -0.849. The first-order chi connectivity index (χ1) is 15.6. The van der Waals surface area contributed by atoms with E-state index in [-0.39, 0.29) is 11.4 Å². The van der Waals surface area contributed by atoms with Gasteiger partial charge < -0.3 is 5.73 Å². The van der Waals surface area contributed by atoms with Gasteiger partial charge in [-0.05, 0) is 67.8 Å². The van der Waals surface area contributed by atoms with Crippen molar-refractivity contribution in [2.24, 2.45) is 10.8 Å². The van der Waals surface area contributed by atoms with Crippen LogP contribution < -0.4 is 11.1 Å². The zero-order valence-corrected chi connectivity index (χ0v) is 20.7. The third-order valence-electron chi connectivity index (χ3n) is 5.72. The van der Waals surface area contributed by atoms with Crippen LogP contribution in [0, 0.1) is 11.6 Å². The predicted molar refractivity (Wildman–Crippen MR) is 131 cm³/mol. The molecule has 6 nitrogen and oxygen atoms in total. The molecule has 0 bridgehead atoms. The summed E-state index contributed by atoms with van der Waals surface area (Å²) in [5.74, 6) is -1.32. The molecule has 0 aromatic heterocycles. The van der Waals surface area contributed by atoms with E-state index < -0.39 is 36.3 Å². The van der Waals surface area contributed by atoms with E-state index in [1.807, 2.05) is 44.2 Å². The molecule has 2 atom stereocenters. The van der Waals surface area contributed by atoms with E-state index in [1.54, 1.807) is 5.01 Å². The molecule has 4 rings (SSSR count).